The molecule has 0 saturated heterocycles. The molecule has 0 aromatic heterocycles. The molecule has 0 aliphatic rings. The average Bonchev–Trinajstić information content (AvgIpc) is 2.38. The van der Waals surface area contributed by atoms with Crippen molar-refractivity contribution in [3.05, 3.63) is 0 Å². The molecule has 0 saturated carbocycles. The van der Waals surface area contributed by atoms with Crippen molar-refractivity contribution in [1.82, 2.24) is 4.90 Å². The maximum Gasteiger partial charge on any atom is 0.225 e. The predicted octanol–water partition coefficient (Wildman–Crippen LogP) is 1.03. The summed E-state index contributed by atoms with van der Waals surface area (Å²) in [5, 5.41) is 11.4. The first-order chi connectivity index (χ1) is 8.56. The molecule has 0 aromatic carbocycles. The van der Waals surface area contributed by atoms with Crippen molar-refractivity contribution in [1.29, 1.82) is 0 Å². The second kappa shape index (κ2) is 9.70. The molecule has 0 bridgehead atoms. The second-order valence-electron chi connectivity index (χ2n) is 4.35. The van der Waals surface area contributed by atoms with Crippen LogP contribution in [0.2, 0.25) is 0 Å². The van der Waals surface area contributed by atoms with Crippen molar-refractivity contribution < 1.29 is 14.7 Å². The number of hydrogen-bond acceptors (Lipinski definition) is 4. The van der Waals surface area contributed by atoms with Gasteiger partial charge >= 0.3 is 0 Å². The molecule has 3 N–H and O–H groups in total. The van der Waals surface area contributed by atoms with Crippen LogP contribution in [0, 0.1) is 5.92 Å². The first-order valence-electron chi connectivity index (χ1n) is 6.30. The summed E-state index contributed by atoms with van der Waals surface area (Å²) in [6.45, 7) is 5.45. The molecule has 0 aliphatic heterocycles. The Morgan fingerprint density at radius 1 is 1.50 bits per heavy atom. The van der Waals surface area contributed by atoms with E-state index in [1.54, 1.807) is 12.0 Å². The van der Waals surface area contributed by atoms with Crippen molar-refractivity contribution in [3.63, 3.8) is 0 Å². The number of methoxy groups -OCH3 is 1. The zero-order valence-electron chi connectivity index (χ0n) is 11.6. The van der Waals surface area contributed by atoms with Crippen LogP contribution in [0.3, 0.4) is 0 Å². The number of amides is 1. The molecule has 0 radical (unpaired) electrons. The van der Waals surface area contributed by atoms with Gasteiger partial charge in [0.1, 0.15) is 5.84 Å². The SMILES string of the molecule is CCCC(C)C(=O)N(CCOC)CCC(N)=NO. The van der Waals surface area contributed by atoms with Gasteiger partial charge in [-0.25, -0.2) is 0 Å². The van der Waals surface area contributed by atoms with Gasteiger partial charge in [-0.2, -0.15) is 0 Å². The van der Waals surface area contributed by atoms with Gasteiger partial charge in [-0.15, -0.1) is 0 Å². The van der Waals surface area contributed by atoms with Gasteiger partial charge in [0.25, 0.3) is 0 Å². The van der Waals surface area contributed by atoms with Crippen LogP contribution in [0.4, 0.5) is 0 Å². The number of amidine groups is 1. The maximum atomic E-state index is 12.2. The van der Waals surface area contributed by atoms with Gasteiger partial charge in [0.15, 0.2) is 0 Å². The minimum Gasteiger partial charge on any atom is -0.409 e. The highest BCUT2D eigenvalue weighted by Crippen LogP contribution is 2.10. The first-order valence-corrected chi connectivity index (χ1v) is 6.30. The molecule has 0 spiro atoms. The Morgan fingerprint density at radius 2 is 2.17 bits per heavy atom. The number of hydrogen-bond donors (Lipinski definition) is 2. The van der Waals surface area contributed by atoms with Gasteiger partial charge in [0, 0.05) is 32.5 Å². The van der Waals surface area contributed by atoms with Gasteiger partial charge in [0.05, 0.1) is 6.61 Å². The maximum absolute atomic E-state index is 12.2. The fourth-order valence-corrected chi connectivity index (χ4v) is 1.70. The third kappa shape index (κ3) is 6.44. The summed E-state index contributed by atoms with van der Waals surface area (Å²) in [6, 6.07) is 0. The lowest BCUT2D eigenvalue weighted by atomic mass is 10.0. The van der Waals surface area contributed by atoms with Crippen LogP contribution in [0.1, 0.15) is 33.1 Å². The number of carbonyl (C=O) groups excluding carboxylic acids is 1. The highest BCUT2D eigenvalue weighted by molar-refractivity contribution is 5.82. The van der Waals surface area contributed by atoms with Crippen molar-refractivity contribution in [2.75, 3.05) is 26.8 Å². The first kappa shape index (κ1) is 16.7. The number of ether oxygens (including phenoxy) is 1. The summed E-state index contributed by atoms with van der Waals surface area (Å²) < 4.78 is 4.99. The normalized spacial score (nSPS) is 13.4. The lowest BCUT2D eigenvalue weighted by Crippen LogP contribution is -2.39. The Hall–Kier alpha value is -1.30. The van der Waals surface area contributed by atoms with E-state index >= 15 is 0 Å². The van der Waals surface area contributed by atoms with Gasteiger partial charge < -0.3 is 20.6 Å². The standard InChI is InChI=1S/C12H25N3O3/c1-4-5-10(2)12(16)15(8-9-18-3)7-6-11(13)14-17/h10,17H,4-9H2,1-3H3,(H2,13,14). The molecule has 1 amide bonds. The van der Waals surface area contributed by atoms with Crippen LogP contribution in [-0.2, 0) is 9.53 Å². The van der Waals surface area contributed by atoms with E-state index in [-0.39, 0.29) is 17.7 Å². The number of nitrogens with zero attached hydrogens (tertiary/aromatic N) is 2. The predicted molar refractivity (Wildman–Crippen MR) is 70.6 cm³/mol. The monoisotopic (exact) mass is 259 g/mol. The highest BCUT2D eigenvalue weighted by atomic mass is 16.5. The fraction of sp³-hybridized carbons (Fsp3) is 0.833. The van der Waals surface area contributed by atoms with E-state index < -0.39 is 0 Å². The summed E-state index contributed by atoms with van der Waals surface area (Å²) >= 11 is 0. The molecule has 6 nitrogen and oxygen atoms in total. The summed E-state index contributed by atoms with van der Waals surface area (Å²) in [6.07, 6.45) is 2.21. The summed E-state index contributed by atoms with van der Waals surface area (Å²) in [7, 11) is 1.60. The minimum absolute atomic E-state index is 0.000791. The lowest BCUT2D eigenvalue weighted by molar-refractivity contribution is -0.135. The zero-order valence-corrected chi connectivity index (χ0v) is 11.6. The highest BCUT2D eigenvalue weighted by Gasteiger charge is 2.19. The fourth-order valence-electron chi connectivity index (χ4n) is 1.70. The van der Waals surface area contributed by atoms with E-state index in [0.29, 0.717) is 26.1 Å². The van der Waals surface area contributed by atoms with Crippen molar-refractivity contribution >= 4 is 11.7 Å². The lowest BCUT2D eigenvalue weighted by Gasteiger charge is -2.25. The summed E-state index contributed by atoms with van der Waals surface area (Å²) in [5.74, 6) is 0.229. The van der Waals surface area contributed by atoms with Gasteiger partial charge in [-0.1, -0.05) is 25.4 Å². The van der Waals surface area contributed by atoms with E-state index in [1.165, 1.54) is 0 Å². The number of nitrogens with two attached hydrogens (primary N) is 1. The van der Waals surface area contributed by atoms with Gasteiger partial charge in [0.2, 0.25) is 5.91 Å². The van der Waals surface area contributed by atoms with E-state index in [0.717, 1.165) is 12.8 Å². The van der Waals surface area contributed by atoms with Crippen molar-refractivity contribution in [3.8, 4) is 0 Å². The number of carbonyl (C=O) groups is 1. The molecule has 1 atom stereocenters. The van der Waals surface area contributed by atoms with Crippen LogP contribution in [0.15, 0.2) is 5.16 Å². The molecule has 0 aliphatic carbocycles. The van der Waals surface area contributed by atoms with E-state index in [4.69, 9.17) is 15.7 Å². The van der Waals surface area contributed by atoms with E-state index in [1.807, 2.05) is 6.92 Å². The molecule has 0 rings (SSSR count). The molecule has 0 heterocycles. The smallest absolute Gasteiger partial charge is 0.225 e. The van der Waals surface area contributed by atoms with Crippen LogP contribution in [0.5, 0.6) is 0 Å². The topological polar surface area (TPSA) is 88.2 Å². The Morgan fingerprint density at radius 3 is 2.67 bits per heavy atom. The molecule has 0 aromatic rings. The van der Waals surface area contributed by atoms with E-state index in [2.05, 4.69) is 12.1 Å². The molecule has 1 unspecified atom stereocenters. The Labute approximate surface area is 109 Å². The van der Waals surface area contributed by atoms with Gasteiger partial charge in [-0.05, 0) is 6.42 Å². The van der Waals surface area contributed by atoms with E-state index in [9.17, 15) is 4.79 Å². The van der Waals surface area contributed by atoms with Crippen molar-refractivity contribution in [2.24, 2.45) is 16.8 Å². The number of oxime groups is 1. The molecule has 18 heavy (non-hydrogen) atoms. The quantitative estimate of drug-likeness (QED) is 0.280. The Balaban J connectivity index is 4.41. The molecular formula is C12H25N3O3. The molecule has 0 fully saturated rings. The Bertz CT molecular complexity index is 269. The molecular weight excluding hydrogens is 234 g/mol. The minimum atomic E-state index is -0.000791. The average molecular weight is 259 g/mol. The van der Waals surface area contributed by atoms with Crippen molar-refractivity contribution in [2.45, 2.75) is 33.1 Å². The summed E-state index contributed by atoms with van der Waals surface area (Å²) in [4.78, 5) is 13.9. The summed E-state index contributed by atoms with van der Waals surface area (Å²) in [5.41, 5.74) is 5.42. The zero-order chi connectivity index (χ0) is 14.0. The number of rotatable bonds is 9. The van der Waals surface area contributed by atoms with Crippen LogP contribution >= 0.6 is 0 Å². The molecule has 6 heteroatoms. The Kier molecular flexibility index (Phi) is 9.00. The largest absolute Gasteiger partial charge is 0.409 e. The third-order valence-electron chi connectivity index (χ3n) is 2.79. The van der Waals surface area contributed by atoms with Crippen LogP contribution < -0.4 is 5.73 Å². The van der Waals surface area contributed by atoms with Crippen LogP contribution in [-0.4, -0.2) is 48.7 Å². The molecule has 106 valence electrons. The van der Waals surface area contributed by atoms with Gasteiger partial charge in [-0.3, -0.25) is 4.79 Å². The second-order valence-corrected chi connectivity index (χ2v) is 4.35. The van der Waals surface area contributed by atoms with Crippen LogP contribution in [0.25, 0.3) is 0 Å². The third-order valence-corrected chi connectivity index (χ3v) is 2.79.